The number of aliphatic carboxylic acids is 1. The number of anilines is 1. The molecule has 3 unspecified atom stereocenters. The van der Waals surface area contributed by atoms with Crippen LogP contribution >= 0.6 is 48.1 Å². The number of hydrogen-bond acceptors (Lipinski definition) is 14. The highest BCUT2D eigenvalue weighted by molar-refractivity contribution is 8.76. The van der Waals surface area contributed by atoms with E-state index >= 15 is 0 Å². The molecule has 7 N–H and O–H groups in total. The molecular formula is C45H73N5O14P2S3. The minimum Gasteiger partial charge on any atom is -0.481 e. The maximum absolute atomic E-state index is 13.9. The Bertz CT molecular complexity index is 2120. The van der Waals surface area contributed by atoms with E-state index in [0.717, 1.165) is 17.8 Å². The van der Waals surface area contributed by atoms with Crippen LogP contribution in [0.3, 0.4) is 0 Å². The van der Waals surface area contributed by atoms with Crippen LogP contribution in [0.5, 0.6) is 5.75 Å². The Kier molecular flexibility index (Phi) is 26.6. The van der Waals surface area contributed by atoms with Gasteiger partial charge in [-0.05, 0) is 61.6 Å². The van der Waals surface area contributed by atoms with Crippen LogP contribution in [-0.4, -0.2) is 114 Å². The second-order valence-corrected chi connectivity index (χ2v) is 25.5. The number of unbranched alkanes of at least 4 members (excludes halogenated alkanes) is 1. The van der Waals surface area contributed by atoms with E-state index in [1.807, 2.05) is 48.5 Å². The van der Waals surface area contributed by atoms with Gasteiger partial charge in [0.2, 0.25) is 25.1 Å². The van der Waals surface area contributed by atoms with Crippen LogP contribution in [0.1, 0.15) is 141 Å². The molecule has 2 rings (SSSR count). The average molecular weight is 1070 g/mol. The Labute approximate surface area is 418 Å². The van der Waals surface area contributed by atoms with Gasteiger partial charge < -0.3 is 40.1 Å². The summed E-state index contributed by atoms with van der Waals surface area (Å²) in [5.74, 6) is -4.66. The molecule has 7 atom stereocenters. The Balaban J connectivity index is 2.33. The van der Waals surface area contributed by atoms with E-state index in [-0.39, 0.29) is 89.0 Å². The molecule has 0 fully saturated rings. The molecule has 0 bridgehead atoms. The van der Waals surface area contributed by atoms with E-state index in [2.05, 4.69) is 20.9 Å². The molecule has 0 aliphatic rings. The van der Waals surface area contributed by atoms with Crippen LogP contribution in [0.4, 0.5) is 5.69 Å². The molecule has 0 aliphatic carbocycles. The Hall–Kier alpha value is -3.49. The number of nitrogens with one attached hydrogen (secondary N) is 3. The third-order valence-electron chi connectivity index (χ3n) is 10.9. The molecule has 0 saturated heterocycles. The van der Waals surface area contributed by atoms with Crippen molar-refractivity contribution in [3.63, 3.8) is 0 Å². The van der Waals surface area contributed by atoms with Crippen LogP contribution in [0.25, 0.3) is 0 Å². The zero-order valence-electron chi connectivity index (χ0n) is 41.3. The highest BCUT2D eigenvalue weighted by atomic mass is 33.1. The number of amides is 4. The lowest BCUT2D eigenvalue weighted by molar-refractivity contribution is -0.149. The molecule has 0 spiro atoms. The SMILES string of the molecule is CCCCC(=O)N[C@H](C(=O)N(C)[C@H](C[C@@H](OC(C)=O)c1nc(C(=O)N[C@@H](Cc2ccc(OP(=O)(O)O)c(NC(=O)CCSSC(C)CCP(=O)(O)CCC)c2)CC(C)C(=O)O)cs1)C(C)C)C(C)C. The zero-order valence-corrected chi connectivity index (χ0v) is 45.5. The first-order valence-corrected chi connectivity index (χ1v) is 30.0. The number of phosphoric ester groups is 1. The molecule has 0 radical (unpaired) electrons. The lowest BCUT2D eigenvalue weighted by Gasteiger charge is -2.36. The quantitative estimate of drug-likeness (QED) is 0.0158. The van der Waals surface area contributed by atoms with Crippen molar-refractivity contribution in [3.8, 4) is 5.75 Å². The van der Waals surface area contributed by atoms with Gasteiger partial charge in [0.05, 0.1) is 11.6 Å². The summed E-state index contributed by atoms with van der Waals surface area (Å²) < 4.78 is 34.7. The summed E-state index contributed by atoms with van der Waals surface area (Å²) in [7, 11) is -3.72. The fourth-order valence-corrected chi connectivity index (χ4v) is 12.7. The molecule has 0 aliphatic heterocycles. The van der Waals surface area contributed by atoms with E-state index in [1.54, 1.807) is 11.9 Å². The number of benzene rings is 1. The van der Waals surface area contributed by atoms with E-state index in [1.165, 1.54) is 59.0 Å². The molecule has 1 aromatic heterocycles. The summed E-state index contributed by atoms with van der Waals surface area (Å²) in [5.41, 5.74) is 0.331. The van der Waals surface area contributed by atoms with Crippen LogP contribution in [-0.2, 0) is 44.3 Å². The van der Waals surface area contributed by atoms with Crippen molar-refractivity contribution in [3.05, 3.63) is 39.8 Å². The molecule has 1 aromatic carbocycles. The smallest absolute Gasteiger partial charge is 0.481 e. The number of thiazole rings is 1. The first-order chi connectivity index (χ1) is 32.2. The van der Waals surface area contributed by atoms with Crippen molar-refractivity contribution >= 4 is 89.4 Å². The van der Waals surface area contributed by atoms with Crippen LogP contribution in [0, 0.1) is 17.8 Å². The number of ether oxygens (including phenoxy) is 1. The Morgan fingerprint density at radius 3 is 2.16 bits per heavy atom. The number of carbonyl (C=O) groups excluding carboxylic acids is 5. The minimum absolute atomic E-state index is 0.00539. The largest absolute Gasteiger partial charge is 0.524 e. The lowest BCUT2D eigenvalue weighted by Crippen LogP contribution is -2.54. The molecule has 19 nitrogen and oxygen atoms in total. The normalized spacial score (nSPS) is 15.2. The van der Waals surface area contributed by atoms with E-state index in [0.29, 0.717) is 37.0 Å². The van der Waals surface area contributed by atoms with Gasteiger partial charge in [0, 0.05) is 74.0 Å². The summed E-state index contributed by atoms with van der Waals surface area (Å²) in [5, 5.41) is 20.0. The highest BCUT2D eigenvalue weighted by Crippen LogP contribution is 2.44. The zero-order chi connectivity index (χ0) is 52.2. The second-order valence-electron chi connectivity index (χ2n) is 17.9. The summed E-state index contributed by atoms with van der Waals surface area (Å²) in [6.45, 7) is 16.0. The lowest BCUT2D eigenvalue weighted by atomic mass is 9.94. The number of carboxylic acid groups (broad SMARTS) is 1. The standard InChI is InChI=1S/C45H73N5O14P2S3/c1-11-13-14-39(52)49-41(28(5)6)44(55)50(10)36(27(3)4)25-38(63-31(9)51)43-48-35(26-67-43)42(54)46-33(22-29(7)45(56)57)23-32-15-16-37(64-66(60,61)62)34(24-32)47-40(53)18-21-68-69-30(8)17-20-65(58,59)19-12-2/h15-16,24,26-30,33,36,38,41H,11-14,17-23,25H2,1-10H3,(H,46,54)(H,47,53)(H,49,52)(H,56,57)(H,58,59)(H2,60,61,62)/t29?,30?,33-,36-,38-,41+/m1/s1. The number of aromatic nitrogens is 1. The van der Waals surface area contributed by atoms with Gasteiger partial charge >= 0.3 is 19.8 Å². The first kappa shape index (κ1) is 61.6. The van der Waals surface area contributed by atoms with Crippen LogP contribution < -0.4 is 20.5 Å². The van der Waals surface area contributed by atoms with Crippen molar-refractivity contribution < 1.29 is 66.9 Å². The van der Waals surface area contributed by atoms with Gasteiger partial charge in [0.15, 0.2) is 11.9 Å². The van der Waals surface area contributed by atoms with Gasteiger partial charge in [-0.2, -0.15) is 0 Å². The van der Waals surface area contributed by atoms with Crippen LogP contribution in [0.2, 0.25) is 0 Å². The fraction of sp³-hybridized carbons (Fsp3) is 0.667. The number of phosphoric acid groups is 1. The topological polar surface area (TPSA) is 288 Å². The minimum atomic E-state index is -5.08. The van der Waals surface area contributed by atoms with Crippen molar-refractivity contribution in [2.75, 3.05) is 30.4 Å². The van der Waals surface area contributed by atoms with Gasteiger partial charge in [-0.1, -0.05) is 89.5 Å². The molecule has 390 valence electrons. The third kappa shape index (κ3) is 23.1. The maximum Gasteiger partial charge on any atom is 0.524 e. The van der Waals surface area contributed by atoms with Crippen molar-refractivity contribution in [1.29, 1.82) is 0 Å². The molecule has 2 aromatic rings. The summed E-state index contributed by atoms with van der Waals surface area (Å²) in [4.78, 5) is 113. The van der Waals surface area contributed by atoms with Crippen LogP contribution in [0.15, 0.2) is 23.6 Å². The molecular weight excluding hydrogens is 993 g/mol. The number of likely N-dealkylation sites (N-methyl/N-ethyl adjacent to an activating group) is 1. The Morgan fingerprint density at radius 2 is 1.58 bits per heavy atom. The molecule has 0 saturated carbocycles. The van der Waals surface area contributed by atoms with Crippen molar-refractivity contribution in [1.82, 2.24) is 20.5 Å². The van der Waals surface area contributed by atoms with E-state index in [4.69, 9.17) is 9.26 Å². The van der Waals surface area contributed by atoms with Gasteiger partial charge in [-0.15, -0.1) is 11.3 Å². The van der Waals surface area contributed by atoms with Gasteiger partial charge in [0.25, 0.3) is 5.91 Å². The maximum atomic E-state index is 13.9. The van der Waals surface area contributed by atoms with E-state index < -0.39 is 69.1 Å². The van der Waals surface area contributed by atoms with Gasteiger partial charge in [-0.25, -0.2) is 9.55 Å². The number of carbonyl (C=O) groups is 6. The number of carboxylic acids is 1. The number of rotatable bonds is 32. The summed E-state index contributed by atoms with van der Waals surface area (Å²) in [6, 6.07) is 2.01. The summed E-state index contributed by atoms with van der Waals surface area (Å²) in [6.07, 6.45) is 2.56. The third-order valence-corrected chi connectivity index (χ3v) is 17.4. The molecule has 69 heavy (non-hydrogen) atoms. The van der Waals surface area contributed by atoms with Crippen molar-refractivity contribution in [2.24, 2.45) is 17.8 Å². The highest BCUT2D eigenvalue weighted by Gasteiger charge is 2.35. The van der Waals surface area contributed by atoms with Crippen molar-refractivity contribution in [2.45, 2.75) is 150 Å². The van der Waals surface area contributed by atoms with Gasteiger partial charge in [0.1, 0.15) is 16.7 Å². The average Bonchev–Trinajstić information content (AvgIpc) is 3.75. The molecule has 24 heteroatoms. The fourth-order valence-electron chi connectivity index (χ4n) is 7.19. The van der Waals surface area contributed by atoms with Gasteiger partial charge in [-0.3, -0.25) is 43.1 Å². The monoisotopic (exact) mass is 1070 g/mol. The first-order valence-electron chi connectivity index (χ1n) is 23.2. The Morgan fingerprint density at radius 1 is 0.899 bits per heavy atom. The number of esters is 1. The molecule has 1 heterocycles. The predicted octanol–water partition coefficient (Wildman–Crippen LogP) is 8.04. The predicted molar refractivity (Wildman–Crippen MR) is 272 cm³/mol. The number of nitrogens with zero attached hydrogens (tertiary/aromatic N) is 2. The number of hydrogen-bond donors (Lipinski definition) is 7. The second kappa shape index (κ2) is 29.8. The molecule has 4 amide bonds. The summed E-state index contributed by atoms with van der Waals surface area (Å²) >= 11 is 1.06. The van der Waals surface area contributed by atoms with E-state index in [9.17, 15) is 57.7 Å².